The van der Waals surface area contributed by atoms with Crippen LogP contribution in [0.2, 0.25) is 0 Å². The highest BCUT2D eigenvalue weighted by atomic mass is 79.9. The van der Waals surface area contributed by atoms with E-state index in [-0.39, 0.29) is 6.04 Å². The van der Waals surface area contributed by atoms with Crippen LogP contribution in [-0.2, 0) is 10.6 Å². The summed E-state index contributed by atoms with van der Waals surface area (Å²) < 4.78 is 8.91. The summed E-state index contributed by atoms with van der Waals surface area (Å²) in [6, 6.07) is 6.40. The molecule has 0 fully saturated rings. The van der Waals surface area contributed by atoms with Crippen LogP contribution in [0.15, 0.2) is 22.7 Å². The molecule has 5 heteroatoms. The minimum Gasteiger partial charge on any atom is -0.380 e. The summed E-state index contributed by atoms with van der Waals surface area (Å²) in [5.74, 6) is 1.75. The Hall–Kier alpha value is -0.580. The smallest absolute Gasteiger partial charge is 0.125 e. The predicted molar refractivity (Wildman–Crippen MR) is 87.4 cm³/mol. The van der Waals surface area contributed by atoms with Crippen molar-refractivity contribution in [1.29, 1.82) is 0 Å². The fourth-order valence-corrected chi connectivity index (χ4v) is 2.93. The van der Waals surface area contributed by atoms with Crippen LogP contribution in [0.1, 0.15) is 32.6 Å². The van der Waals surface area contributed by atoms with Gasteiger partial charge in [0.25, 0.3) is 0 Å². The van der Waals surface area contributed by atoms with E-state index in [1.807, 2.05) is 19.1 Å². The van der Waals surface area contributed by atoms with Crippen molar-refractivity contribution in [1.82, 2.24) is 9.55 Å². The van der Waals surface area contributed by atoms with Crippen LogP contribution >= 0.6 is 27.5 Å². The van der Waals surface area contributed by atoms with Crippen molar-refractivity contribution in [3.8, 4) is 0 Å². The number of rotatable bonds is 6. The number of ether oxygens (including phenoxy) is 1. The van der Waals surface area contributed by atoms with Crippen LogP contribution in [0.5, 0.6) is 0 Å². The third-order valence-electron chi connectivity index (χ3n) is 3.44. The Balaban J connectivity index is 2.54. The predicted octanol–water partition coefficient (Wildman–Crippen LogP) is 4.77. The Bertz CT molecular complexity index is 583. The van der Waals surface area contributed by atoms with Gasteiger partial charge in [-0.1, -0.05) is 29.8 Å². The molecule has 1 aromatic heterocycles. The van der Waals surface area contributed by atoms with Gasteiger partial charge in [-0.2, -0.15) is 0 Å². The van der Waals surface area contributed by atoms with E-state index in [1.165, 1.54) is 0 Å². The summed E-state index contributed by atoms with van der Waals surface area (Å²) in [6.45, 7) is 7.82. The van der Waals surface area contributed by atoms with Crippen molar-refractivity contribution in [2.75, 3.05) is 13.2 Å². The van der Waals surface area contributed by atoms with Gasteiger partial charge in [-0.25, -0.2) is 4.98 Å². The second kappa shape index (κ2) is 6.92. The maximum Gasteiger partial charge on any atom is 0.125 e. The van der Waals surface area contributed by atoms with E-state index in [0.717, 1.165) is 27.9 Å². The highest BCUT2D eigenvalue weighted by molar-refractivity contribution is 9.10. The topological polar surface area (TPSA) is 27.1 Å². The molecule has 110 valence electrons. The van der Waals surface area contributed by atoms with Crippen LogP contribution in [0, 0.1) is 5.92 Å². The van der Waals surface area contributed by atoms with E-state index in [4.69, 9.17) is 16.3 Å². The molecule has 0 bridgehead atoms. The molecule has 0 N–H and O–H groups in total. The van der Waals surface area contributed by atoms with Crippen molar-refractivity contribution in [2.45, 2.75) is 32.7 Å². The second-order valence-electron chi connectivity index (χ2n) is 5.14. The lowest BCUT2D eigenvalue weighted by Crippen LogP contribution is -2.22. The molecule has 0 amide bonds. The summed E-state index contributed by atoms with van der Waals surface area (Å²) in [4.78, 5) is 4.65. The molecule has 0 saturated heterocycles. The summed E-state index contributed by atoms with van der Waals surface area (Å²) in [5.41, 5.74) is 2.08. The van der Waals surface area contributed by atoms with Gasteiger partial charge in [-0.3, -0.25) is 0 Å². The van der Waals surface area contributed by atoms with Gasteiger partial charge in [0.2, 0.25) is 0 Å². The maximum atomic E-state index is 6.09. The first-order valence-electron chi connectivity index (χ1n) is 6.88. The van der Waals surface area contributed by atoms with Gasteiger partial charge >= 0.3 is 0 Å². The van der Waals surface area contributed by atoms with Crippen LogP contribution < -0.4 is 0 Å². The summed E-state index contributed by atoms with van der Waals surface area (Å²) in [6.07, 6.45) is 0. The molecule has 0 aliphatic heterocycles. The zero-order chi connectivity index (χ0) is 14.7. The minimum absolute atomic E-state index is 0.245. The number of alkyl halides is 1. The molecule has 1 aromatic carbocycles. The maximum absolute atomic E-state index is 6.09. The van der Waals surface area contributed by atoms with Gasteiger partial charge in [-0.05, 0) is 31.0 Å². The van der Waals surface area contributed by atoms with Gasteiger partial charge in [0.05, 0.1) is 29.6 Å². The molecule has 0 spiro atoms. The van der Waals surface area contributed by atoms with Gasteiger partial charge in [0.15, 0.2) is 0 Å². The molecule has 1 heterocycles. The largest absolute Gasteiger partial charge is 0.380 e. The molecular formula is C15H20BrClN2O. The fraction of sp³-hybridized carbons (Fsp3) is 0.533. The lowest BCUT2D eigenvalue weighted by Gasteiger charge is -2.24. The monoisotopic (exact) mass is 358 g/mol. The Labute approximate surface area is 133 Å². The number of aromatic nitrogens is 2. The van der Waals surface area contributed by atoms with E-state index >= 15 is 0 Å². The molecule has 0 saturated carbocycles. The van der Waals surface area contributed by atoms with Crippen LogP contribution in [0.3, 0.4) is 0 Å². The zero-order valence-electron chi connectivity index (χ0n) is 12.1. The van der Waals surface area contributed by atoms with Gasteiger partial charge in [0, 0.05) is 11.1 Å². The van der Waals surface area contributed by atoms with Crippen LogP contribution in [0.25, 0.3) is 11.0 Å². The van der Waals surface area contributed by atoms with Crippen molar-refractivity contribution in [2.24, 2.45) is 5.92 Å². The average Bonchev–Trinajstić information content (AvgIpc) is 2.76. The first kappa shape index (κ1) is 15.8. The number of hydrogen-bond acceptors (Lipinski definition) is 2. The summed E-state index contributed by atoms with van der Waals surface area (Å²) >= 11 is 9.58. The molecule has 2 rings (SSSR count). The first-order valence-corrected chi connectivity index (χ1v) is 8.21. The molecular weight excluding hydrogens is 340 g/mol. The molecule has 0 radical (unpaired) electrons. The van der Waals surface area contributed by atoms with E-state index in [9.17, 15) is 0 Å². The number of imidazole rings is 1. The lowest BCUT2D eigenvalue weighted by atomic mass is 10.0. The second-order valence-corrected chi connectivity index (χ2v) is 6.32. The minimum atomic E-state index is 0.245. The Morgan fingerprint density at radius 3 is 2.75 bits per heavy atom. The van der Waals surface area contributed by atoms with Crippen LogP contribution in [-0.4, -0.2) is 22.8 Å². The molecule has 20 heavy (non-hydrogen) atoms. The SMILES string of the molecule is CCOCC(C(C)C)n1c(CCl)nc2cc(Br)ccc21. The quantitative estimate of drug-likeness (QED) is 0.695. The molecule has 1 atom stereocenters. The van der Waals surface area contributed by atoms with Gasteiger partial charge in [0.1, 0.15) is 5.82 Å². The van der Waals surface area contributed by atoms with Gasteiger partial charge < -0.3 is 9.30 Å². The highest BCUT2D eigenvalue weighted by Gasteiger charge is 2.22. The van der Waals surface area contributed by atoms with E-state index in [0.29, 0.717) is 18.4 Å². The van der Waals surface area contributed by atoms with Gasteiger partial charge in [-0.15, -0.1) is 11.6 Å². The van der Waals surface area contributed by atoms with E-state index in [2.05, 4.69) is 45.4 Å². The lowest BCUT2D eigenvalue weighted by molar-refractivity contribution is 0.0971. The summed E-state index contributed by atoms with van der Waals surface area (Å²) in [7, 11) is 0. The van der Waals surface area contributed by atoms with Crippen molar-refractivity contribution >= 4 is 38.6 Å². The first-order chi connectivity index (χ1) is 9.58. The average molecular weight is 360 g/mol. The number of halogens is 2. The number of benzene rings is 1. The number of fused-ring (bicyclic) bond motifs is 1. The van der Waals surface area contributed by atoms with Crippen molar-refractivity contribution in [3.63, 3.8) is 0 Å². The zero-order valence-corrected chi connectivity index (χ0v) is 14.4. The molecule has 0 aliphatic rings. The fourth-order valence-electron chi connectivity index (χ4n) is 2.39. The summed E-state index contributed by atoms with van der Waals surface area (Å²) in [5, 5.41) is 0. The van der Waals surface area contributed by atoms with Crippen molar-refractivity contribution in [3.05, 3.63) is 28.5 Å². The Morgan fingerprint density at radius 1 is 1.40 bits per heavy atom. The normalized spacial score (nSPS) is 13.3. The van der Waals surface area contributed by atoms with E-state index in [1.54, 1.807) is 0 Å². The third-order valence-corrected chi connectivity index (χ3v) is 4.17. The molecule has 0 aliphatic carbocycles. The highest BCUT2D eigenvalue weighted by Crippen LogP contribution is 2.29. The number of hydrogen-bond donors (Lipinski definition) is 0. The third kappa shape index (κ3) is 3.18. The van der Waals surface area contributed by atoms with E-state index < -0.39 is 0 Å². The molecule has 1 unspecified atom stereocenters. The Morgan fingerprint density at radius 2 is 2.15 bits per heavy atom. The van der Waals surface area contributed by atoms with Crippen molar-refractivity contribution < 1.29 is 4.74 Å². The molecule has 3 nitrogen and oxygen atoms in total. The standard InChI is InChI=1S/C15H20BrClN2O/c1-4-20-9-14(10(2)3)19-13-6-5-11(16)7-12(13)18-15(19)8-17/h5-7,10,14H,4,8-9H2,1-3H3. The molecule has 2 aromatic rings. The Kier molecular flexibility index (Phi) is 5.47. The van der Waals surface area contributed by atoms with Crippen LogP contribution in [0.4, 0.5) is 0 Å². The number of nitrogens with zero attached hydrogens (tertiary/aromatic N) is 2.